The van der Waals surface area contributed by atoms with Crippen molar-refractivity contribution < 1.29 is 4.42 Å². The molecule has 0 aliphatic rings. The molecule has 0 radical (unpaired) electrons. The number of rotatable bonds is 3. The molecule has 20 heavy (non-hydrogen) atoms. The molecule has 3 nitrogen and oxygen atoms in total. The molecule has 0 bridgehead atoms. The Morgan fingerprint density at radius 2 is 2.20 bits per heavy atom. The van der Waals surface area contributed by atoms with E-state index in [0.717, 1.165) is 33.3 Å². The van der Waals surface area contributed by atoms with Crippen molar-refractivity contribution in [2.45, 2.75) is 13.3 Å². The van der Waals surface area contributed by atoms with Crippen LogP contribution < -0.4 is 5.73 Å². The molecule has 0 aliphatic heterocycles. The molecule has 3 rings (SSSR count). The highest BCUT2D eigenvalue weighted by molar-refractivity contribution is 7.18. The van der Waals surface area contributed by atoms with E-state index in [0.29, 0.717) is 10.6 Å². The maximum atomic E-state index is 9.21. The molecule has 0 saturated carbocycles. The van der Waals surface area contributed by atoms with E-state index >= 15 is 0 Å². The predicted octanol–water partition coefficient (Wildman–Crippen LogP) is 4.75. The first-order chi connectivity index (χ1) is 9.74. The SMILES string of the molecule is CCc1ccc(-c2sc(C#N)c(N)c2-c2cccs2)o1. The highest BCUT2D eigenvalue weighted by atomic mass is 32.1. The van der Waals surface area contributed by atoms with Gasteiger partial charge in [0, 0.05) is 16.9 Å². The van der Waals surface area contributed by atoms with Gasteiger partial charge in [0.25, 0.3) is 0 Å². The Kier molecular flexibility index (Phi) is 3.35. The minimum Gasteiger partial charge on any atom is -0.460 e. The molecule has 5 heteroatoms. The first kappa shape index (κ1) is 13.0. The fourth-order valence-electron chi connectivity index (χ4n) is 2.06. The van der Waals surface area contributed by atoms with Crippen LogP contribution in [0.5, 0.6) is 0 Å². The van der Waals surface area contributed by atoms with Crippen LogP contribution in [0.15, 0.2) is 34.1 Å². The smallest absolute Gasteiger partial charge is 0.145 e. The van der Waals surface area contributed by atoms with Crippen molar-refractivity contribution in [3.05, 3.63) is 40.3 Å². The van der Waals surface area contributed by atoms with Gasteiger partial charge in [-0.15, -0.1) is 22.7 Å². The molecule has 100 valence electrons. The van der Waals surface area contributed by atoms with E-state index in [1.165, 1.54) is 11.3 Å². The summed E-state index contributed by atoms with van der Waals surface area (Å²) in [5.41, 5.74) is 7.60. The van der Waals surface area contributed by atoms with Gasteiger partial charge in [0.15, 0.2) is 0 Å². The normalized spacial score (nSPS) is 10.6. The summed E-state index contributed by atoms with van der Waals surface area (Å²) < 4.78 is 5.82. The number of anilines is 1. The highest BCUT2D eigenvalue weighted by Crippen LogP contribution is 2.46. The van der Waals surface area contributed by atoms with Crippen LogP contribution >= 0.6 is 22.7 Å². The monoisotopic (exact) mass is 300 g/mol. The van der Waals surface area contributed by atoms with Gasteiger partial charge in [-0.05, 0) is 23.6 Å². The number of thiophene rings is 2. The summed E-state index contributed by atoms with van der Waals surface area (Å²) >= 11 is 3.00. The number of hydrogen-bond donors (Lipinski definition) is 1. The molecule has 0 aliphatic carbocycles. The van der Waals surface area contributed by atoms with E-state index in [2.05, 4.69) is 6.07 Å². The quantitative estimate of drug-likeness (QED) is 0.759. The van der Waals surface area contributed by atoms with Crippen LogP contribution in [0.4, 0.5) is 5.69 Å². The van der Waals surface area contributed by atoms with Gasteiger partial charge in [0.2, 0.25) is 0 Å². The Hall–Kier alpha value is -2.03. The third-order valence-corrected chi connectivity index (χ3v) is 5.06. The van der Waals surface area contributed by atoms with Crippen LogP contribution in [0.3, 0.4) is 0 Å². The lowest BCUT2D eigenvalue weighted by atomic mass is 10.1. The van der Waals surface area contributed by atoms with Crippen molar-refractivity contribution in [2.24, 2.45) is 0 Å². The van der Waals surface area contributed by atoms with E-state index in [1.807, 2.05) is 36.6 Å². The van der Waals surface area contributed by atoms with Crippen LogP contribution in [0.2, 0.25) is 0 Å². The van der Waals surface area contributed by atoms with Crippen LogP contribution in [0, 0.1) is 11.3 Å². The maximum absolute atomic E-state index is 9.21. The summed E-state index contributed by atoms with van der Waals surface area (Å²) in [6.07, 6.45) is 0.848. The molecule has 3 aromatic heterocycles. The van der Waals surface area contributed by atoms with Gasteiger partial charge in [-0.2, -0.15) is 5.26 Å². The lowest BCUT2D eigenvalue weighted by Crippen LogP contribution is -1.87. The third kappa shape index (κ3) is 2.03. The molecule has 2 N–H and O–H groups in total. The Morgan fingerprint density at radius 1 is 1.35 bits per heavy atom. The number of nitrogens with zero attached hydrogens (tertiary/aromatic N) is 1. The zero-order valence-corrected chi connectivity index (χ0v) is 12.5. The number of aryl methyl sites for hydroxylation is 1. The second kappa shape index (κ2) is 5.16. The minimum atomic E-state index is 0.540. The first-order valence-electron chi connectivity index (χ1n) is 6.20. The van der Waals surface area contributed by atoms with Crippen molar-refractivity contribution in [2.75, 3.05) is 5.73 Å². The number of nitrogens with two attached hydrogens (primary N) is 1. The molecule has 0 saturated heterocycles. The zero-order chi connectivity index (χ0) is 14.1. The minimum absolute atomic E-state index is 0.540. The van der Waals surface area contributed by atoms with Gasteiger partial charge in [0.1, 0.15) is 22.5 Å². The number of nitrogen functional groups attached to an aromatic ring is 1. The average molecular weight is 300 g/mol. The number of hydrogen-bond acceptors (Lipinski definition) is 5. The average Bonchev–Trinajstić information content (AvgIpc) is 3.17. The number of furan rings is 1. The standard InChI is InChI=1S/C15H12N2OS2/c1-2-9-5-6-10(18-9)15-13(11-4-3-7-19-11)14(17)12(8-16)20-15/h3-7H,2,17H2,1H3. The largest absolute Gasteiger partial charge is 0.460 e. The van der Waals surface area contributed by atoms with Gasteiger partial charge in [-0.3, -0.25) is 0 Å². The van der Waals surface area contributed by atoms with Crippen molar-refractivity contribution in [1.29, 1.82) is 5.26 Å². The molecular weight excluding hydrogens is 288 g/mol. The van der Waals surface area contributed by atoms with Crippen LogP contribution in [0.25, 0.3) is 21.1 Å². The van der Waals surface area contributed by atoms with Crippen molar-refractivity contribution in [3.8, 4) is 27.1 Å². The molecular formula is C15H12N2OS2. The summed E-state index contributed by atoms with van der Waals surface area (Å²) in [7, 11) is 0. The molecule has 0 spiro atoms. The van der Waals surface area contributed by atoms with Gasteiger partial charge < -0.3 is 10.2 Å². The molecule has 3 aromatic rings. The summed E-state index contributed by atoms with van der Waals surface area (Å²) in [5, 5.41) is 11.2. The summed E-state index contributed by atoms with van der Waals surface area (Å²) in [4.78, 5) is 2.53. The van der Waals surface area contributed by atoms with Crippen molar-refractivity contribution in [3.63, 3.8) is 0 Å². The Balaban J connectivity index is 2.22. The zero-order valence-electron chi connectivity index (χ0n) is 10.8. The topological polar surface area (TPSA) is 63.0 Å². The van der Waals surface area contributed by atoms with E-state index in [9.17, 15) is 5.26 Å². The molecule has 0 atom stereocenters. The molecule has 0 amide bonds. The molecule has 0 unspecified atom stereocenters. The maximum Gasteiger partial charge on any atom is 0.145 e. The van der Waals surface area contributed by atoms with E-state index in [-0.39, 0.29) is 0 Å². The van der Waals surface area contributed by atoms with Gasteiger partial charge in [-0.25, -0.2) is 0 Å². The fourth-order valence-corrected chi connectivity index (χ4v) is 3.91. The van der Waals surface area contributed by atoms with Crippen molar-refractivity contribution >= 4 is 28.4 Å². The van der Waals surface area contributed by atoms with Gasteiger partial charge in [0.05, 0.1) is 10.6 Å². The second-order valence-corrected chi connectivity index (χ2v) is 6.23. The summed E-state index contributed by atoms with van der Waals surface area (Å²) in [6.45, 7) is 2.05. The predicted molar refractivity (Wildman–Crippen MR) is 83.8 cm³/mol. The van der Waals surface area contributed by atoms with Crippen molar-refractivity contribution in [1.82, 2.24) is 0 Å². The Labute approximate surface area is 124 Å². The molecule has 0 aromatic carbocycles. The third-order valence-electron chi connectivity index (χ3n) is 3.05. The highest BCUT2D eigenvalue weighted by Gasteiger charge is 2.21. The summed E-state index contributed by atoms with van der Waals surface area (Å²) in [5.74, 6) is 1.71. The lowest BCUT2D eigenvalue weighted by Gasteiger charge is -2.00. The first-order valence-corrected chi connectivity index (χ1v) is 7.89. The van der Waals surface area contributed by atoms with E-state index in [4.69, 9.17) is 10.2 Å². The van der Waals surface area contributed by atoms with Crippen LogP contribution in [-0.4, -0.2) is 0 Å². The Bertz CT molecular complexity index is 776. The number of nitriles is 1. The second-order valence-electron chi connectivity index (χ2n) is 4.26. The molecule has 3 heterocycles. The summed E-state index contributed by atoms with van der Waals surface area (Å²) in [6, 6.07) is 10.1. The van der Waals surface area contributed by atoms with Crippen LogP contribution in [-0.2, 0) is 6.42 Å². The van der Waals surface area contributed by atoms with Gasteiger partial charge >= 0.3 is 0 Å². The van der Waals surface area contributed by atoms with E-state index in [1.54, 1.807) is 11.3 Å². The van der Waals surface area contributed by atoms with Gasteiger partial charge in [-0.1, -0.05) is 13.0 Å². The molecule has 0 fully saturated rings. The van der Waals surface area contributed by atoms with Crippen LogP contribution in [0.1, 0.15) is 17.6 Å². The van der Waals surface area contributed by atoms with E-state index < -0.39 is 0 Å². The Morgan fingerprint density at radius 3 is 2.80 bits per heavy atom. The fraction of sp³-hybridized carbons (Fsp3) is 0.133. The lowest BCUT2D eigenvalue weighted by molar-refractivity contribution is 0.530.